The summed E-state index contributed by atoms with van der Waals surface area (Å²) in [6.07, 6.45) is 0.932. The molecule has 0 aliphatic rings. The van der Waals surface area contributed by atoms with Crippen molar-refractivity contribution in [3.63, 3.8) is 0 Å². The van der Waals surface area contributed by atoms with Crippen molar-refractivity contribution in [2.24, 2.45) is 10.9 Å². The second-order valence-corrected chi connectivity index (χ2v) is 6.78. The lowest BCUT2D eigenvalue weighted by Gasteiger charge is -2.11. The lowest BCUT2D eigenvalue weighted by atomic mass is 10.2. The third-order valence-electron chi connectivity index (χ3n) is 3.82. The molecule has 0 spiro atoms. The number of H-pyrrole nitrogens is 1. The highest BCUT2D eigenvalue weighted by molar-refractivity contribution is 14.0. The first-order valence-corrected chi connectivity index (χ1v) is 9.78. The molecule has 1 heterocycles. The average Bonchev–Trinajstić information content (AvgIpc) is 3.17. The number of methoxy groups -OCH3 is 1. The summed E-state index contributed by atoms with van der Waals surface area (Å²) in [6.45, 7) is 9.91. The summed E-state index contributed by atoms with van der Waals surface area (Å²) < 4.78 is 10.8. The molecule has 3 N–H and O–H groups in total. The van der Waals surface area contributed by atoms with E-state index in [0.717, 1.165) is 50.0 Å². The molecule has 0 amide bonds. The highest BCUT2D eigenvalue weighted by atomic mass is 127. The molecule has 9 heteroatoms. The number of nitrogens with zero attached hydrogens (tertiary/aromatic N) is 3. The van der Waals surface area contributed by atoms with Gasteiger partial charge < -0.3 is 20.1 Å². The fourth-order valence-electron chi connectivity index (χ4n) is 2.43. The van der Waals surface area contributed by atoms with E-state index in [1.165, 1.54) is 0 Å². The smallest absolute Gasteiger partial charge is 0.191 e. The number of rotatable bonds is 11. The lowest BCUT2D eigenvalue weighted by Crippen LogP contribution is -2.38. The van der Waals surface area contributed by atoms with E-state index >= 15 is 0 Å². The first kappa shape index (κ1) is 25.2. The van der Waals surface area contributed by atoms with E-state index in [1.807, 2.05) is 31.2 Å². The maximum atomic E-state index is 5.59. The minimum Gasteiger partial charge on any atom is -0.497 e. The van der Waals surface area contributed by atoms with Gasteiger partial charge in [-0.05, 0) is 43.5 Å². The number of nitrogens with one attached hydrogen (secondary N) is 3. The first-order valence-electron chi connectivity index (χ1n) is 9.78. The van der Waals surface area contributed by atoms with E-state index in [9.17, 15) is 0 Å². The summed E-state index contributed by atoms with van der Waals surface area (Å²) in [4.78, 5) is 9.08. The Morgan fingerprint density at radius 2 is 1.97 bits per heavy atom. The van der Waals surface area contributed by atoms with Crippen molar-refractivity contribution in [3.05, 3.63) is 30.1 Å². The number of aliphatic imine (C=N–C) groups is 1. The second-order valence-electron chi connectivity index (χ2n) is 6.78. The zero-order chi connectivity index (χ0) is 20.2. The van der Waals surface area contributed by atoms with Gasteiger partial charge in [0, 0.05) is 31.9 Å². The van der Waals surface area contributed by atoms with Crippen LogP contribution in [0.25, 0.3) is 11.4 Å². The van der Waals surface area contributed by atoms with Crippen molar-refractivity contribution >= 4 is 29.9 Å². The van der Waals surface area contributed by atoms with E-state index in [4.69, 9.17) is 9.47 Å². The number of guanidine groups is 1. The van der Waals surface area contributed by atoms with Crippen LogP contribution in [0.1, 0.15) is 33.0 Å². The lowest BCUT2D eigenvalue weighted by molar-refractivity contribution is 0.108. The molecule has 2 rings (SSSR count). The number of aromatic nitrogens is 3. The van der Waals surface area contributed by atoms with Crippen molar-refractivity contribution in [2.75, 3.05) is 33.4 Å². The molecule has 162 valence electrons. The van der Waals surface area contributed by atoms with Gasteiger partial charge in [0.1, 0.15) is 18.1 Å². The van der Waals surface area contributed by atoms with Crippen LogP contribution < -0.4 is 15.4 Å². The third-order valence-corrected chi connectivity index (χ3v) is 3.82. The van der Waals surface area contributed by atoms with Crippen LogP contribution in [0.4, 0.5) is 0 Å². The van der Waals surface area contributed by atoms with Gasteiger partial charge in [0.15, 0.2) is 11.8 Å². The van der Waals surface area contributed by atoms with Crippen molar-refractivity contribution in [3.8, 4) is 17.1 Å². The molecular formula is C20H33IN6O2. The van der Waals surface area contributed by atoms with E-state index < -0.39 is 0 Å². The van der Waals surface area contributed by atoms with Gasteiger partial charge in [-0.2, -0.15) is 5.10 Å². The second kappa shape index (κ2) is 14.2. The summed E-state index contributed by atoms with van der Waals surface area (Å²) in [7, 11) is 1.65. The van der Waals surface area contributed by atoms with Gasteiger partial charge >= 0.3 is 0 Å². The van der Waals surface area contributed by atoms with Crippen LogP contribution >= 0.6 is 24.0 Å². The zero-order valence-corrected chi connectivity index (χ0v) is 20.0. The van der Waals surface area contributed by atoms with Gasteiger partial charge in [-0.1, -0.05) is 13.8 Å². The highest BCUT2D eigenvalue weighted by Crippen LogP contribution is 2.18. The van der Waals surface area contributed by atoms with Crippen LogP contribution in [-0.4, -0.2) is 54.6 Å². The van der Waals surface area contributed by atoms with Crippen LogP contribution in [0, 0.1) is 5.92 Å². The normalized spacial score (nSPS) is 11.3. The molecule has 0 aliphatic carbocycles. The molecule has 0 radical (unpaired) electrons. The molecule has 0 atom stereocenters. The van der Waals surface area contributed by atoms with Crippen molar-refractivity contribution in [2.45, 2.75) is 33.7 Å². The van der Waals surface area contributed by atoms with Crippen LogP contribution in [0.15, 0.2) is 29.3 Å². The van der Waals surface area contributed by atoms with Crippen LogP contribution in [-0.2, 0) is 11.3 Å². The van der Waals surface area contributed by atoms with Gasteiger partial charge in [0.2, 0.25) is 0 Å². The number of hydrogen-bond acceptors (Lipinski definition) is 5. The Bertz CT molecular complexity index is 718. The maximum absolute atomic E-state index is 5.59. The van der Waals surface area contributed by atoms with Crippen molar-refractivity contribution in [1.29, 1.82) is 0 Å². The Hall–Kier alpha value is -1.88. The van der Waals surface area contributed by atoms with Gasteiger partial charge in [-0.15, -0.1) is 24.0 Å². The quantitative estimate of drug-likeness (QED) is 0.184. The minimum atomic E-state index is 0. The summed E-state index contributed by atoms with van der Waals surface area (Å²) >= 11 is 0. The fraction of sp³-hybridized carbons (Fsp3) is 0.550. The number of halogens is 1. The molecular weight excluding hydrogens is 483 g/mol. The van der Waals surface area contributed by atoms with Gasteiger partial charge in [-0.3, -0.25) is 5.10 Å². The Morgan fingerprint density at radius 1 is 1.21 bits per heavy atom. The van der Waals surface area contributed by atoms with E-state index in [1.54, 1.807) is 7.11 Å². The summed E-state index contributed by atoms with van der Waals surface area (Å²) in [5.74, 6) is 3.49. The van der Waals surface area contributed by atoms with E-state index in [0.29, 0.717) is 24.1 Å². The third kappa shape index (κ3) is 9.44. The number of hydrogen-bond donors (Lipinski definition) is 3. The Kier molecular flexibility index (Phi) is 12.3. The molecule has 0 fully saturated rings. The molecule has 0 unspecified atom stereocenters. The van der Waals surface area contributed by atoms with Gasteiger partial charge in [0.25, 0.3) is 0 Å². The van der Waals surface area contributed by atoms with Crippen LogP contribution in [0.5, 0.6) is 5.75 Å². The van der Waals surface area contributed by atoms with Crippen LogP contribution in [0.3, 0.4) is 0 Å². The first-order chi connectivity index (χ1) is 13.6. The standard InChI is InChI=1S/C20H32N6O2.HI/c1-5-21-20(22-11-6-12-28-14-15(2)3)23-13-18-24-19(26-25-18)16-7-9-17(27-4)10-8-16;/h7-10,15H,5-6,11-14H2,1-4H3,(H2,21,22,23)(H,24,25,26);1H. The molecule has 1 aromatic heterocycles. The highest BCUT2D eigenvalue weighted by Gasteiger charge is 2.06. The molecule has 1 aromatic carbocycles. The van der Waals surface area contributed by atoms with Gasteiger partial charge in [0.05, 0.1) is 7.11 Å². The van der Waals surface area contributed by atoms with Gasteiger partial charge in [-0.25, -0.2) is 9.98 Å². The largest absolute Gasteiger partial charge is 0.497 e. The molecule has 0 bridgehead atoms. The number of ether oxygens (including phenoxy) is 2. The number of benzene rings is 1. The maximum Gasteiger partial charge on any atom is 0.191 e. The number of aromatic amines is 1. The molecule has 2 aromatic rings. The summed E-state index contributed by atoms with van der Waals surface area (Å²) in [6, 6.07) is 7.65. The molecule has 0 aliphatic heterocycles. The van der Waals surface area contributed by atoms with Crippen LogP contribution in [0.2, 0.25) is 0 Å². The Balaban J connectivity index is 0.00000420. The molecule has 0 saturated heterocycles. The minimum absolute atomic E-state index is 0. The summed E-state index contributed by atoms with van der Waals surface area (Å²) in [5.41, 5.74) is 0.929. The monoisotopic (exact) mass is 516 g/mol. The predicted octanol–water partition coefficient (Wildman–Crippen LogP) is 3.22. The van der Waals surface area contributed by atoms with Crippen molar-refractivity contribution in [1.82, 2.24) is 25.8 Å². The van der Waals surface area contributed by atoms with Crippen molar-refractivity contribution < 1.29 is 9.47 Å². The average molecular weight is 516 g/mol. The van der Waals surface area contributed by atoms with E-state index in [2.05, 4.69) is 44.7 Å². The molecule has 0 saturated carbocycles. The van der Waals surface area contributed by atoms with E-state index in [-0.39, 0.29) is 24.0 Å². The SMILES string of the molecule is CCNC(=NCc1nc(-c2ccc(OC)cc2)n[nH]1)NCCCOCC(C)C.I. The Labute approximate surface area is 190 Å². The summed E-state index contributed by atoms with van der Waals surface area (Å²) in [5, 5.41) is 13.8. The molecule has 29 heavy (non-hydrogen) atoms. The topological polar surface area (TPSA) is 96.5 Å². The molecule has 8 nitrogen and oxygen atoms in total. The zero-order valence-electron chi connectivity index (χ0n) is 17.7. The fourth-order valence-corrected chi connectivity index (χ4v) is 2.43. The Morgan fingerprint density at radius 3 is 2.62 bits per heavy atom. The predicted molar refractivity (Wildman–Crippen MR) is 127 cm³/mol.